The highest BCUT2D eigenvalue weighted by Gasteiger charge is 2.12. The van der Waals surface area contributed by atoms with Crippen LogP contribution in [-0.4, -0.2) is 17.1 Å². The zero-order chi connectivity index (χ0) is 15.9. The van der Waals surface area contributed by atoms with Crippen LogP contribution in [0, 0.1) is 6.92 Å². The van der Waals surface area contributed by atoms with Gasteiger partial charge in [0.15, 0.2) is 5.43 Å². The number of methoxy groups -OCH3 is 1. The van der Waals surface area contributed by atoms with Crippen LogP contribution < -0.4 is 10.2 Å². The van der Waals surface area contributed by atoms with Gasteiger partial charge in [0.2, 0.25) is 0 Å². The van der Waals surface area contributed by atoms with Gasteiger partial charge in [-0.05, 0) is 25.0 Å². The smallest absolute Gasteiger partial charge is 0.190 e. The Morgan fingerprint density at radius 3 is 2.73 bits per heavy atom. The molecule has 114 valence electrons. The normalized spacial score (nSPS) is 11.3. The van der Waals surface area contributed by atoms with Gasteiger partial charge in [-0.25, -0.2) is 4.98 Å². The van der Waals surface area contributed by atoms with Gasteiger partial charge < -0.3 is 9.72 Å². The molecule has 0 fully saturated rings. The Hall–Kier alpha value is -2.14. The number of rotatable bonds is 3. The first-order chi connectivity index (χ1) is 10.5. The lowest BCUT2D eigenvalue weighted by Gasteiger charge is -2.09. The zero-order valence-electron chi connectivity index (χ0n) is 13.1. The number of nitrogens with one attached hydrogen (secondary N) is 1. The number of ether oxygens (including phenoxy) is 1. The predicted molar refractivity (Wildman–Crippen MR) is 91.1 cm³/mol. The maximum absolute atomic E-state index is 12.4. The van der Waals surface area contributed by atoms with E-state index < -0.39 is 0 Å². The van der Waals surface area contributed by atoms with E-state index in [4.69, 9.17) is 4.74 Å². The molecule has 0 aliphatic heterocycles. The van der Waals surface area contributed by atoms with Gasteiger partial charge in [0, 0.05) is 28.1 Å². The Morgan fingerprint density at radius 1 is 1.32 bits per heavy atom. The zero-order valence-corrected chi connectivity index (χ0v) is 13.9. The number of nitrogens with zero attached hydrogens (tertiary/aromatic N) is 1. The molecule has 3 aromatic rings. The lowest BCUT2D eigenvalue weighted by atomic mass is 10.1. The van der Waals surface area contributed by atoms with Crippen molar-refractivity contribution in [2.45, 2.75) is 26.7 Å². The number of benzene rings is 1. The van der Waals surface area contributed by atoms with Crippen molar-refractivity contribution in [2.24, 2.45) is 0 Å². The fourth-order valence-corrected chi connectivity index (χ4v) is 3.34. The first-order valence-corrected chi connectivity index (χ1v) is 7.99. The summed E-state index contributed by atoms with van der Waals surface area (Å²) in [7, 11) is 1.63. The van der Waals surface area contributed by atoms with Gasteiger partial charge in [0.05, 0.1) is 18.3 Å². The van der Waals surface area contributed by atoms with Gasteiger partial charge in [-0.3, -0.25) is 4.79 Å². The number of fused-ring (bicyclic) bond motifs is 1. The van der Waals surface area contributed by atoms with Crippen LogP contribution >= 0.6 is 11.3 Å². The van der Waals surface area contributed by atoms with E-state index in [0.29, 0.717) is 11.3 Å². The van der Waals surface area contributed by atoms with E-state index in [2.05, 4.69) is 23.8 Å². The van der Waals surface area contributed by atoms with Crippen molar-refractivity contribution in [2.75, 3.05) is 7.11 Å². The molecule has 0 aliphatic carbocycles. The fraction of sp³-hybridized carbons (Fsp3) is 0.294. The van der Waals surface area contributed by atoms with Crippen LogP contribution in [0.25, 0.3) is 21.6 Å². The summed E-state index contributed by atoms with van der Waals surface area (Å²) in [5, 5.41) is 1.51. The van der Waals surface area contributed by atoms with Crippen LogP contribution in [0.1, 0.15) is 30.2 Å². The molecule has 0 saturated carbocycles. The Bertz CT molecular complexity index is 893. The van der Waals surface area contributed by atoms with Crippen molar-refractivity contribution in [3.8, 4) is 16.5 Å². The van der Waals surface area contributed by atoms with E-state index in [1.165, 1.54) is 4.88 Å². The number of aromatic amines is 1. The van der Waals surface area contributed by atoms with Gasteiger partial charge in [-0.15, -0.1) is 11.3 Å². The van der Waals surface area contributed by atoms with Crippen LogP contribution in [-0.2, 0) is 0 Å². The van der Waals surface area contributed by atoms with Crippen LogP contribution in [0.5, 0.6) is 5.75 Å². The minimum Gasteiger partial charge on any atom is -0.496 e. The van der Waals surface area contributed by atoms with Gasteiger partial charge >= 0.3 is 0 Å². The maximum Gasteiger partial charge on any atom is 0.190 e. The van der Waals surface area contributed by atoms with Gasteiger partial charge in [0.25, 0.3) is 0 Å². The molecule has 22 heavy (non-hydrogen) atoms. The molecule has 5 heteroatoms. The molecule has 0 aliphatic rings. The van der Waals surface area contributed by atoms with Crippen molar-refractivity contribution in [1.82, 2.24) is 9.97 Å². The van der Waals surface area contributed by atoms with Crippen LogP contribution in [0.15, 0.2) is 29.2 Å². The highest BCUT2D eigenvalue weighted by atomic mass is 32.1. The summed E-state index contributed by atoms with van der Waals surface area (Å²) < 4.78 is 5.34. The third-order valence-corrected chi connectivity index (χ3v) is 5.09. The molecule has 0 bridgehead atoms. The van der Waals surface area contributed by atoms with Crippen molar-refractivity contribution >= 4 is 22.2 Å². The van der Waals surface area contributed by atoms with E-state index in [0.717, 1.165) is 27.5 Å². The number of pyridine rings is 1. The molecule has 2 aromatic heterocycles. The van der Waals surface area contributed by atoms with Crippen molar-refractivity contribution < 1.29 is 4.74 Å². The SMILES string of the molecule is COc1ccc2c(=O)cc(-c3ncc(C(C)C)s3)[nH]c2c1C. The second kappa shape index (κ2) is 5.57. The standard InChI is InChI=1S/C17H18N2O2S/c1-9(2)15-8-18-17(22-15)12-7-13(20)11-5-6-14(21-4)10(3)16(11)19-12/h5-9H,1-4H3,(H,19,20). The summed E-state index contributed by atoms with van der Waals surface area (Å²) in [5.41, 5.74) is 2.49. The Kier molecular flexibility index (Phi) is 3.74. The second-order valence-electron chi connectivity index (χ2n) is 5.59. The Labute approximate surface area is 132 Å². The summed E-state index contributed by atoms with van der Waals surface area (Å²) in [4.78, 5) is 21.4. The number of thiazole rings is 1. The molecular weight excluding hydrogens is 296 g/mol. The summed E-state index contributed by atoms with van der Waals surface area (Å²) in [6.07, 6.45) is 1.88. The number of aromatic nitrogens is 2. The first kappa shape index (κ1) is 14.8. The van der Waals surface area contributed by atoms with E-state index >= 15 is 0 Å². The number of hydrogen-bond acceptors (Lipinski definition) is 4. The lowest BCUT2D eigenvalue weighted by molar-refractivity contribution is 0.412. The highest BCUT2D eigenvalue weighted by Crippen LogP contribution is 2.30. The molecule has 2 heterocycles. The summed E-state index contributed by atoms with van der Waals surface area (Å²) >= 11 is 1.61. The average Bonchev–Trinajstić information content (AvgIpc) is 2.98. The molecule has 0 spiro atoms. The summed E-state index contributed by atoms with van der Waals surface area (Å²) in [6.45, 7) is 6.22. The molecule has 3 rings (SSSR count). The molecule has 0 radical (unpaired) electrons. The largest absolute Gasteiger partial charge is 0.496 e. The minimum absolute atomic E-state index is 0.00389. The third kappa shape index (κ3) is 2.41. The maximum atomic E-state index is 12.4. The van der Waals surface area contributed by atoms with E-state index in [1.54, 1.807) is 30.6 Å². The molecule has 0 unspecified atom stereocenters. The number of hydrogen-bond donors (Lipinski definition) is 1. The van der Waals surface area contributed by atoms with Gasteiger partial charge in [0.1, 0.15) is 10.8 Å². The fourth-order valence-electron chi connectivity index (χ4n) is 2.45. The van der Waals surface area contributed by atoms with E-state index in [9.17, 15) is 4.79 Å². The molecule has 1 N–H and O–H groups in total. The number of H-pyrrole nitrogens is 1. The molecule has 1 aromatic carbocycles. The molecule has 0 amide bonds. The monoisotopic (exact) mass is 314 g/mol. The topological polar surface area (TPSA) is 55.0 Å². The Balaban J connectivity index is 2.22. The molecule has 0 atom stereocenters. The second-order valence-corrected chi connectivity index (χ2v) is 6.65. The van der Waals surface area contributed by atoms with Crippen LogP contribution in [0.4, 0.5) is 0 Å². The lowest BCUT2D eigenvalue weighted by Crippen LogP contribution is -2.04. The van der Waals surface area contributed by atoms with Crippen molar-refractivity contribution in [1.29, 1.82) is 0 Å². The van der Waals surface area contributed by atoms with Gasteiger partial charge in [-0.1, -0.05) is 13.8 Å². The third-order valence-electron chi connectivity index (χ3n) is 3.76. The minimum atomic E-state index is -0.00389. The average molecular weight is 314 g/mol. The molecule has 4 nitrogen and oxygen atoms in total. The summed E-state index contributed by atoms with van der Waals surface area (Å²) in [6, 6.07) is 5.25. The van der Waals surface area contributed by atoms with E-state index in [-0.39, 0.29) is 5.43 Å². The molecular formula is C17H18N2O2S. The molecule has 0 saturated heterocycles. The van der Waals surface area contributed by atoms with Crippen molar-refractivity contribution in [3.63, 3.8) is 0 Å². The van der Waals surface area contributed by atoms with Gasteiger partial charge in [-0.2, -0.15) is 0 Å². The van der Waals surface area contributed by atoms with Crippen LogP contribution in [0.3, 0.4) is 0 Å². The predicted octanol–water partition coefficient (Wildman–Crippen LogP) is 4.09. The van der Waals surface area contributed by atoms with Crippen LogP contribution in [0.2, 0.25) is 0 Å². The first-order valence-electron chi connectivity index (χ1n) is 7.18. The highest BCUT2D eigenvalue weighted by molar-refractivity contribution is 7.15. The summed E-state index contributed by atoms with van der Waals surface area (Å²) in [5.74, 6) is 1.20. The van der Waals surface area contributed by atoms with E-state index in [1.807, 2.05) is 19.2 Å². The quantitative estimate of drug-likeness (QED) is 0.792. The van der Waals surface area contributed by atoms with Crippen molar-refractivity contribution in [3.05, 3.63) is 45.1 Å². The Morgan fingerprint density at radius 2 is 2.09 bits per heavy atom. The number of aryl methyl sites for hydroxylation is 1.